The second-order valence-corrected chi connectivity index (χ2v) is 13.2. The highest BCUT2D eigenvalue weighted by atomic mass is 79.9. The highest BCUT2D eigenvalue weighted by Gasteiger charge is 2.76. The zero-order chi connectivity index (χ0) is 29.0. The van der Waals surface area contributed by atoms with Crippen LogP contribution in [-0.4, -0.2) is 92.9 Å². The zero-order valence-corrected chi connectivity index (χ0v) is 25.7. The summed E-state index contributed by atoms with van der Waals surface area (Å²) in [6, 6.07) is 6.59. The molecule has 3 unspecified atom stereocenters. The number of ether oxygens (including phenoxy) is 1. The van der Waals surface area contributed by atoms with E-state index >= 15 is 0 Å². The lowest BCUT2D eigenvalue weighted by Crippen LogP contribution is -2.56. The van der Waals surface area contributed by atoms with Crippen LogP contribution in [0.25, 0.3) is 0 Å². The van der Waals surface area contributed by atoms with Crippen molar-refractivity contribution in [3.8, 4) is 5.75 Å². The number of β-amino-alcohol motifs (C(OH)–C–C–N with tert-alkyl or cyclic N) is 1. The van der Waals surface area contributed by atoms with Crippen LogP contribution in [0.3, 0.4) is 0 Å². The number of rotatable bonds is 14. The smallest absolute Gasteiger partial charge is 0.247 e. The number of aliphatic hydroxyl groups excluding tert-OH is 1. The molecule has 3 amide bonds. The number of nitrogens with zero attached hydrogens (tertiary/aromatic N) is 3. The quantitative estimate of drug-likeness (QED) is 0.247. The molecule has 2 bridgehead atoms. The van der Waals surface area contributed by atoms with Gasteiger partial charge in [-0.15, -0.1) is 24.9 Å². The molecule has 3 heterocycles. The summed E-state index contributed by atoms with van der Waals surface area (Å²) in [5.74, 6) is -1.07. The number of hydrogen-bond acceptors (Lipinski definition) is 6. The molecular weight excluding hydrogens is 594 g/mol. The Morgan fingerprint density at radius 2 is 1.90 bits per heavy atom. The summed E-state index contributed by atoms with van der Waals surface area (Å²) in [6.07, 6.45) is 5.76. The summed E-state index contributed by atoms with van der Waals surface area (Å²) in [6.45, 7) is 13.3. The Morgan fingerprint density at radius 3 is 2.50 bits per heavy atom. The first-order chi connectivity index (χ1) is 19.3. The monoisotopic (exact) mass is 633 g/mol. The molecule has 218 valence electrons. The maximum absolute atomic E-state index is 14.4. The molecule has 10 heteroatoms. The second-order valence-electron chi connectivity index (χ2n) is 10.5. The molecule has 3 fully saturated rings. The largest absolute Gasteiger partial charge is 0.494 e. The van der Waals surface area contributed by atoms with Crippen molar-refractivity contribution in [2.45, 2.75) is 54.0 Å². The van der Waals surface area contributed by atoms with E-state index in [1.54, 1.807) is 33.7 Å². The number of alkyl halides is 1. The van der Waals surface area contributed by atoms with Gasteiger partial charge in [0.05, 0.1) is 29.8 Å². The number of unbranched alkanes of at least 4 members (excludes halogenated alkanes) is 1. The van der Waals surface area contributed by atoms with Gasteiger partial charge in [0.25, 0.3) is 0 Å². The fraction of sp³-hybridized carbons (Fsp3) is 0.567. The first-order valence-corrected chi connectivity index (χ1v) is 15.9. The van der Waals surface area contributed by atoms with E-state index in [0.29, 0.717) is 37.6 Å². The van der Waals surface area contributed by atoms with Crippen LogP contribution in [0.15, 0.2) is 49.6 Å². The molecule has 0 radical (unpaired) electrons. The molecule has 6 atom stereocenters. The lowest BCUT2D eigenvalue weighted by Gasteiger charge is -2.38. The number of thioether (sulfide) groups is 1. The topological polar surface area (TPSA) is 90.4 Å². The van der Waals surface area contributed by atoms with E-state index in [2.05, 4.69) is 36.0 Å². The standard InChI is InChI=1S/C30H40BrN3O5S/c1-5-9-16-32(14-6-2)29(38)26-30-19-22(31)25(40-30)23(24(30)28(37)34(26)17-18-35)27(36)33(15-7-3)20-10-12-21(13-11-20)39-8-4/h6-7,10-13,22-26,35H,2-3,5,8-9,14-19H2,1,4H3/t22?,23-,24-,25-,26?,30?/m0/s1. The first-order valence-electron chi connectivity index (χ1n) is 14.1. The van der Waals surface area contributed by atoms with Crippen molar-refractivity contribution in [3.05, 3.63) is 49.6 Å². The van der Waals surface area contributed by atoms with Gasteiger partial charge in [0.2, 0.25) is 17.7 Å². The van der Waals surface area contributed by atoms with Gasteiger partial charge in [-0.25, -0.2) is 0 Å². The Morgan fingerprint density at radius 1 is 1.20 bits per heavy atom. The molecule has 1 aromatic carbocycles. The Hall–Kier alpha value is -2.30. The lowest BCUT2D eigenvalue weighted by atomic mass is 9.70. The molecule has 40 heavy (non-hydrogen) atoms. The number of amides is 3. The minimum Gasteiger partial charge on any atom is -0.494 e. The number of benzene rings is 1. The molecule has 8 nitrogen and oxygen atoms in total. The van der Waals surface area contributed by atoms with E-state index in [1.165, 1.54) is 4.90 Å². The number of carbonyl (C=O) groups is 3. The van der Waals surface area contributed by atoms with Crippen molar-refractivity contribution in [1.82, 2.24) is 9.80 Å². The summed E-state index contributed by atoms with van der Waals surface area (Å²) >= 11 is 5.43. The van der Waals surface area contributed by atoms with Crippen molar-refractivity contribution in [3.63, 3.8) is 0 Å². The number of halogens is 1. The van der Waals surface area contributed by atoms with Gasteiger partial charge < -0.3 is 24.5 Å². The molecule has 1 N–H and O–H groups in total. The van der Waals surface area contributed by atoms with Crippen molar-refractivity contribution < 1.29 is 24.2 Å². The third-order valence-electron chi connectivity index (χ3n) is 8.13. The van der Waals surface area contributed by atoms with Gasteiger partial charge in [-0.05, 0) is 44.0 Å². The SMILES string of the molecule is C=CCN(CCCC)C(=O)C1N(CCO)C(=O)[C@@H]2[C@H](C(=O)N(CC=C)c3ccc(OCC)cc3)[C@H]3SC12CC3Br. The van der Waals surface area contributed by atoms with Crippen molar-refractivity contribution >= 4 is 51.1 Å². The van der Waals surface area contributed by atoms with Crippen molar-refractivity contribution in [2.75, 3.05) is 44.3 Å². The van der Waals surface area contributed by atoms with E-state index in [1.807, 2.05) is 31.2 Å². The minimum atomic E-state index is -0.757. The van der Waals surface area contributed by atoms with Crippen LogP contribution < -0.4 is 9.64 Å². The minimum absolute atomic E-state index is 0.0331. The van der Waals surface area contributed by atoms with Gasteiger partial charge in [-0.3, -0.25) is 14.4 Å². The van der Waals surface area contributed by atoms with E-state index in [-0.39, 0.29) is 47.5 Å². The molecule has 4 rings (SSSR count). The van der Waals surface area contributed by atoms with Crippen molar-refractivity contribution in [2.24, 2.45) is 11.8 Å². The summed E-state index contributed by atoms with van der Waals surface area (Å²) in [7, 11) is 0. The maximum atomic E-state index is 14.4. The number of anilines is 1. The molecule has 0 aliphatic carbocycles. The summed E-state index contributed by atoms with van der Waals surface area (Å²) < 4.78 is 4.81. The Labute approximate surface area is 249 Å². The highest BCUT2D eigenvalue weighted by molar-refractivity contribution is 9.09. The second kappa shape index (κ2) is 13.1. The Balaban J connectivity index is 1.72. The van der Waals surface area contributed by atoms with Crippen LogP contribution in [0.4, 0.5) is 5.69 Å². The number of aliphatic hydroxyl groups is 1. The fourth-order valence-electron chi connectivity index (χ4n) is 6.53. The predicted octanol–water partition coefficient (Wildman–Crippen LogP) is 3.88. The van der Waals surface area contributed by atoms with Crippen LogP contribution in [0.2, 0.25) is 0 Å². The Kier molecular flexibility index (Phi) is 10.1. The van der Waals surface area contributed by atoms with Gasteiger partial charge in [0.1, 0.15) is 11.8 Å². The molecule has 1 aromatic rings. The average molecular weight is 635 g/mol. The van der Waals surface area contributed by atoms with Crippen LogP contribution in [0.5, 0.6) is 5.75 Å². The van der Waals surface area contributed by atoms with Gasteiger partial charge in [0, 0.05) is 41.9 Å². The molecule has 3 saturated heterocycles. The maximum Gasteiger partial charge on any atom is 0.247 e. The van der Waals surface area contributed by atoms with Crippen LogP contribution >= 0.6 is 27.7 Å². The normalized spacial score (nSPS) is 28.4. The number of carbonyl (C=O) groups excluding carboxylic acids is 3. The average Bonchev–Trinajstić information content (AvgIpc) is 3.53. The number of hydrogen-bond donors (Lipinski definition) is 1. The number of fused-ring (bicyclic) bond motifs is 1. The summed E-state index contributed by atoms with van der Waals surface area (Å²) in [5, 5.41) is 9.74. The van der Waals surface area contributed by atoms with Gasteiger partial charge >= 0.3 is 0 Å². The lowest BCUT2D eigenvalue weighted by molar-refractivity contribution is -0.143. The van der Waals surface area contributed by atoms with Gasteiger partial charge in [0.15, 0.2) is 0 Å². The van der Waals surface area contributed by atoms with Crippen LogP contribution in [0, 0.1) is 11.8 Å². The first kappa shape index (κ1) is 30.7. The molecule has 1 spiro atoms. The molecular formula is C30H40BrN3O5S. The van der Waals surface area contributed by atoms with E-state index in [4.69, 9.17) is 4.74 Å². The van der Waals surface area contributed by atoms with Gasteiger partial charge in [-0.2, -0.15) is 0 Å². The van der Waals surface area contributed by atoms with Crippen LogP contribution in [-0.2, 0) is 14.4 Å². The van der Waals surface area contributed by atoms with Gasteiger partial charge in [-0.1, -0.05) is 41.4 Å². The summed E-state index contributed by atoms with van der Waals surface area (Å²) in [4.78, 5) is 47.6. The third-order valence-corrected chi connectivity index (χ3v) is 11.3. The number of likely N-dealkylation sites (tertiary alicyclic amines) is 1. The van der Waals surface area contributed by atoms with Crippen LogP contribution in [0.1, 0.15) is 33.1 Å². The Bertz CT molecular complexity index is 1120. The molecule has 0 saturated carbocycles. The molecule has 0 aromatic heterocycles. The third kappa shape index (κ3) is 5.34. The molecule has 3 aliphatic rings. The van der Waals surface area contributed by atoms with E-state index < -0.39 is 22.6 Å². The zero-order valence-electron chi connectivity index (χ0n) is 23.3. The molecule has 3 aliphatic heterocycles. The van der Waals surface area contributed by atoms with Crippen molar-refractivity contribution in [1.29, 1.82) is 0 Å². The van der Waals surface area contributed by atoms with E-state index in [9.17, 15) is 19.5 Å². The fourth-order valence-corrected chi connectivity index (χ4v) is 10.1. The van der Waals surface area contributed by atoms with E-state index in [0.717, 1.165) is 12.8 Å². The summed E-state index contributed by atoms with van der Waals surface area (Å²) in [5.41, 5.74) is 0.698. The highest BCUT2D eigenvalue weighted by Crippen LogP contribution is 2.68. The predicted molar refractivity (Wildman–Crippen MR) is 163 cm³/mol.